The molecule has 0 spiro atoms. The van der Waals surface area contributed by atoms with E-state index in [9.17, 15) is 9.59 Å². The van der Waals surface area contributed by atoms with Gasteiger partial charge in [0.25, 0.3) is 5.56 Å². The zero-order valence-corrected chi connectivity index (χ0v) is 16.8. The van der Waals surface area contributed by atoms with Crippen molar-refractivity contribution in [3.63, 3.8) is 0 Å². The molecule has 2 aromatic heterocycles. The summed E-state index contributed by atoms with van der Waals surface area (Å²) < 4.78 is 1.64. The van der Waals surface area contributed by atoms with E-state index in [4.69, 9.17) is 11.6 Å². The molecule has 8 nitrogen and oxygen atoms in total. The maximum atomic E-state index is 12.9. The molecule has 29 heavy (non-hydrogen) atoms. The lowest BCUT2D eigenvalue weighted by Gasteiger charge is -2.35. The number of piperazine rings is 1. The quantitative estimate of drug-likeness (QED) is 0.715. The van der Waals surface area contributed by atoms with Gasteiger partial charge in [0.2, 0.25) is 0 Å². The molecule has 0 aliphatic carbocycles. The van der Waals surface area contributed by atoms with Gasteiger partial charge >= 0.3 is 6.03 Å². The van der Waals surface area contributed by atoms with E-state index in [1.54, 1.807) is 39.9 Å². The van der Waals surface area contributed by atoms with Crippen LogP contribution in [0.25, 0.3) is 11.2 Å². The first-order valence-corrected chi connectivity index (χ1v) is 9.86. The van der Waals surface area contributed by atoms with Crippen LogP contribution in [0.5, 0.6) is 0 Å². The molecule has 1 aromatic carbocycles. The number of nitrogens with zero attached hydrogens (tertiary/aromatic N) is 5. The summed E-state index contributed by atoms with van der Waals surface area (Å²) in [5.74, 6) is 0.408. The van der Waals surface area contributed by atoms with Crippen LogP contribution in [0.4, 0.5) is 16.3 Å². The van der Waals surface area contributed by atoms with E-state index in [0.29, 0.717) is 60.4 Å². The van der Waals surface area contributed by atoms with E-state index >= 15 is 0 Å². The first-order valence-electron chi connectivity index (χ1n) is 9.49. The van der Waals surface area contributed by atoms with Crippen molar-refractivity contribution in [1.82, 2.24) is 19.4 Å². The van der Waals surface area contributed by atoms with Gasteiger partial charge in [-0.1, -0.05) is 11.6 Å². The highest BCUT2D eigenvalue weighted by molar-refractivity contribution is 6.30. The Balaban J connectivity index is 1.48. The van der Waals surface area contributed by atoms with Gasteiger partial charge in [-0.2, -0.15) is 0 Å². The van der Waals surface area contributed by atoms with Crippen LogP contribution in [0.1, 0.15) is 6.92 Å². The summed E-state index contributed by atoms with van der Waals surface area (Å²) in [6, 6.07) is 10.5. The summed E-state index contributed by atoms with van der Waals surface area (Å²) in [7, 11) is 0. The van der Waals surface area contributed by atoms with Gasteiger partial charge in [0.15, 0.2) is 11.5 Å². The molecule has 0 atom stereocenters. The molecule has 0 saturated carbocycles. The van der Waals surface area contributed by atoms with E-state index in [1.165, 1.54) is 0 Å². The lowest BCUT2D eigenvalue weighted by Crippen LogP contribution is -2.51. The van der Waals surface area contributed by atoms with Crippen LogP contribution in [0, 0.1) is 0 Å². The Morgan fingerprint density at radius 2 is 1.86 bits per heavy atom. The van der Waals surface area contributed by atoms with Gasteiger partial charge in [0.05, 0.1) is 0 Å². The Hall–Kier alpha value is -3.13. The lowest BCUT2D eigenvalue weighted by atomic mass is 10.3. The van der Waals surface area contributed by atoms with Gasteiger partial charge in [-0.25, -0.2) is 14.8 Å². The largest absolute Gasteiger partial charge is 0.348 e. The second kappa shape index (κ2) is 8.08. The molecule has 0 bridgehead atoms. The SMILES string of the molecule is CCn1c(=O)c(N2CCN(C(=O)Nc3ccc(Cl)cc3)CC2)nc2cccnc21. The first-order chi connectivity index (χ1) is 14.1. The molecule has 3 heterocycles. The average Bonchev–Trinajstić information content (AvgIpc) is 2.75. The molecule has 4 rings (SSSR count). The number of fused-ring (bicyclic) bond motifs is 1. The average molecular weight is 413 g/mol. The molecule has 1 saturated heterocycles. The second-order valence-electron chi connectivity index (χ2n) is 6.74. The standard InChI is InChI=1S/C20H21ClN6O2/c1-2-27-17-16(4-3-9-22-17)24-18(19(27)28)25-10-12-26(13-11-25)20(29)23-15-7-5-14(21)6-8-15/h3-9H,2,10-13H2,1H3,(H,23,29). The highest BCUT2D eigenvalue weighted by Gasteiger charge is 2.25. The fraction of sp³-hybridized carbons (Fsp3) is 0.300. The first kappa shape index (κ1) is 19.2. The third kappa shape index (κ3) is 3.88. The number of urea groups is 1. The number of aromatic nitrogens is 3. The van der Waals surface area contributed by atoms with Crippen LogP contribution < -0.4 is 15.8 Å². The number of benzene rings is 1. The molecular weight excluding hydrogens is 392 g/mol. The van der Waals surface area contributed by atoms with Crippen molar-refractivity contribution in [1.29, 1.82) is 0 Å². The summed E-state index contributed by atoms with van der Waals surface area (Å²) in [4.78, 5) is 37.9. The number of anilines is 2. The highest BCUT2D eigenvalue weighted by Crippen LogP contribution is 2.17. The summed E-state index contributed by atoms with van der Waals surface area (Å²) in [5, 5.41) is 3.49. The monoisotopic (exact) mass is 412 g/mol. The van der Waals surface area contributed by atoms with Crippen LogP contribution in [0.2, 0.25) is 5.02 Å². The smallest absolute Gasteiger partial charge is 0.321 e. The molecule has 3 aromatic rings. The van der Waals surface area contributed by atoms with Gasteiger partial charge in [-0.3, -0.25) is 9.36 Å². The van der Waals surface area contributed by atoms with Crippen molar-refractivity contribution < 1.29 is 4.79 Å². The zero-order chi connectivity index (χ0) is 20.4. The predicted octanol–water partition coefficient (Wildman–Crippen LogP) is 2.82. The van der Waals surface area contributed by atoms with E-state index < -0.39 is 0 Å². The Morgan fingerprint density at radius 3 is 2.55 bits per heavy atom. The molecule has 2 amide bonds. The Morgan fingerprint density at radius 1 is 1.14 bits per heavy atom. The summed E-state index contributed by atoms with van der Waals surface area (Å²) >= 11 is 5.88. The van der Waals surface area contributed by atoms with Gasteiger partial charge in [-0.15, -0.1) is 0 Å². The van der Waals surface area contributed by atoms with E-state index in [-0.39, 0.29) is 11.6 Å². The number of hydrogen-bond donors (Lipinski definition) is 1. The third-order valence-electron chi connectivity index (χ3n) is 4.96. The number of carbonyl (C=O) groups excluding carboxylic acids is 1. The fourth-order valence-electron chi connectivity index (χ4n) is 3.42. The van der Waals surface area contributed by atoms with Crippen LogP contribution in [0.15, 0.2) is 47.4 Å². The maximum absolute atomic E-state index is 12.9. The van der Waals surface area contributed by atoms with Crippen molar-refractivity contribution in [3.05, 3.63) is 58.0 Å². The Labute approximate surface area is 172 Å². The number of hydrogen-bond acceptors (Lipinski definition) is 5. The minimum Gasteiger partial charge on any atom is -0.348 e. The topological polar surface area (TPSA) is 83.4 Å². The van der Waals surface area contributed by atoms with E-state index in [0.717, 1.165) is 0 Å². The summed E-state index contributed by atoms with van der Waals surface area (Å²) in [5.41, 5.74) is 1.81. The van der Waals surface area contributed by atoms with Crippen LogP contribution >= 0.6 is 11.6 Å². The minimum atomic E-state index is -0.173. The number of amides is 2. The number of pyridine rings is 1. The van der Waals surface area contributed by atoms with Crippen LogP contribution in [-0.2, 0) is 6.54 Å². The lowest BCUT2D eigenvalue weighted by molar-refractivity contribution is 0.208. The predicted molar refractivity (Wildman–Crippen MR) is 114 cm³/mol. The molecule has 0 unspecified atom stereocenters. The number of rotatable bonds is 3. The molecule has 150 valence electrons. The molecule has 1 aliphatic heterocycles. The van der Waals surface area contributed by atoms with Gasteiger partial charge in [0, 0.05) is 49.6 Å². The summed E-state index contributed by atoms with van der Waals surface area (Å²) in [6.45, 7) is 4.50. The Kier molecular flexibility index (Phi) is 5.35. The number of carbonyl (C=O) groups is 1. The van der Waals surface area contributed by atoms with Crippen LogP contribution in [-0.4, -0.2) is 51.6 Å². The second-order valence-corrected chi connectivity index (χ2v) is 7.18. The van der Waals surface area contributed by atoms with Crippen molar-refractivity contribution in [2.24, 2.45) is 0 Å². The van der Waals surface area contributed by atoms with Gasteiger partial charge < -0.3 is 15.1 Å². The molecule has 1 fully saturated rings. The van der Waals surface area contributed by atoms with E-state index in [2.05, 4.69) is 15.3 Å². The molecule has 9 heteroatoms. The number of aryl methyl sites for hydroxylation is 1. The van der Waals surface area contributed by atoms with Crippen molar-refractivity contribution >= 4 is 40.3 Å². The number of nitrogens with one attached hydrogen (secondary N) is 1. The van der Waals surface area contributed by atoms with Crippen LogP contribution in [0.3, 0.4) is 0 Å². The molecule has 1 aliphatic rings. The maximum Gasteiger partial charge on any atom is 0.321 e. The van der Waals surface area contributed by atoms with Crippen molar-refractivity contribution in [2.75, 3.05) is 36.4 Å². The minimum absolute atomic E-state index is 0.155. The Bertz CT molecular complexity index is 1090. The number of halogens is 1. The van der Waals surface area contributed by atoms with Crippen molar-refractivity contribution in [3.8, 4) is 0 Å². The van der Waals surface area contributed by atoms with Gasteiger partial charge in [-0.05, 0) is 43.3 Å². The normalized spacial score (nSPS) is 14.3. The fourth-order valence-corrected chi connectivity index (χ4v) is 3.54. The van der Waals surface area contributed by atoms with Gasteiger partial charge in [0.1, 0.15) is 5.52 Å². The summed E-state index contributed by atoms with van der Waals surface area (Å²) in [6.07, 6.45) is 1.66. The molecular formula is C20H21ClN6O2. The highest BCUT2D eigenvalue weighted by atomic mass is 35.5. The molecule has 0 radical (unpaired) electrons. The van der Waals surface area contributed by atoms with E-state index in [1.807, 2.05) is 24.0 Å². The zero-order valence-electron chi connectivity index (χ0n) is 16.0. The van der Waals surface area contributed by atoms with Crippen molar-refractivity contribution in [2.45, 2.75) is 13.5 Å². The third-order valence-corrected chi connectivity index (χ3v) is 5.21. The molecule has 1 N–H and O–H groups in total.